The highest BCUT2D eigenvalue weighted by Gasteiger charge is 2.45. The van der Waals surface area contributed by atoms with E-state index in [2.05, 4.69) is 0 Å². The monoisotopic (exact) mass is 373 g/mol. The van der Waals surface area contributed by atoms with Crippen LogP contribution in [-0.2, 0) is 25.5 Å². The number of carbonyl (C=O) groups excluding carboxylic acids is 3. The molecule has 2 rings (SSSR count). The molecule has 1 aromatic carbocycles. The van der Waals surface area contributed by atoms with Gasteiger partial charge in [0.05, 0.1) is 11.6 Å². The van der Waals surface area contributed by atoms with Crippen LogP contribution in [0.2, 0.25) is 0 Å². The van der Waals surface area contributed by atoms with Gasteiger partial charge in [0.25, 0.3) is 0 Å². The zero-order valence-electron chi connectivity index (χ0n) is 17.3. The third kappa shape index (κ3) is 5.65. The van der Waals surface area contributed by atoms with Crippen molar-refractivity contribution < 1.29 is 19.1 Å². The van der Waals surface area contributed by atoms with Crippen LogP contribution in [0.3, 0.4) is 0 Å². The molecule has 27 heavy (non-hydrogen) atoms. The maximum absolute atomic E-state index is 12.7. The number of amides is 2. The summed E-state index contributed by atoms with van der Waals surface area (Å²) < 4.78 is 5.30. The third-order valence-corrected chi connectivity index (χ3v) is 4.65. The number of carbonyl (C=O) groups is 3. The predicted molar refractivity (Wildman–Crippen MR) is 105 cm³/mol. The Labute approximate surface area is 162 Å². The summed E-state index contributed by atoms with van der Waals surface area (Å²) in [5.41, 5.74) is 0.989. The minimum absolute atomic E-state index is 0.120. The average Bonchev–Trinajstić information content (AvgIpc) is 2.81. The molecule has 0 aliphatic carbocycles. The molecular formula is C22H31NO4. The van der Waals surface area contributed by atoms with Crippen LogP contribution in [-0.4, -0.2) is 23.4 Å². The molecule has 5 heteroatoms. The fraction of sp³-hybridized carbons (Fsp3) is 0.591. The largest absolute Gasteiger partial charge is 0.460 e. The van der Waals surface area contributed by atoms with Crippen molar-refractivity contribution in [3.8, 4) is 0 Å². The summed E-state index contributed by atoms with van der Waals surface area (Å²) in [6.45, 7) is 11.5. The van der Waals surface area contributed by atoms with E-state index >= 15 is 0 Å². The van der Waals surface area contributed by atoms with Crippen LogP contribution in [0, 0.1) is 11.3 Å². The van der Waals surface area contributed by atoms with Gasteiger partial charge < -0.3 is 4.74 Å². The van der Waals surface area contributed by atoms with Crippen molar-refractivity contribution in [2.75, 3.05) is 4.90 Å². The second kappa shape index (κ2) is 7.83. The Morgan fingerprint density at radius 3 is 2.15 bits per heavy atom. The number of hydrogen-bond donors (Lipinski definition) is 0. The van der Waals surface area contributed by atoms with Gasteiger partial charge in [0, 0.05) is 12.8 Å². The van der Waals surface area contributed by atoms with Gasteiger partial charge >= 0.3 is 5.97 Å². The van der Waals surface area contributed by atoms with Gasteiger partial charge in [-0.2, -0.15) is 0 Å². The van der Waals surface area contributed by atoms with Gasteiger partial charge in [0.2, 0.25) is 11.8 Å². The summed E-state index contributed by atoms with van der Waals surface area (Å²) in [4.78, 5) is 38.1. The van der Waals surface area contributed by atoms with Gasteiger partial charge in [-0.1, -0.05) is 32.9 Å². The smallest absolute Gasteiger partial charge is 0.306 e. The SMILES string of the molecule is CC(C)(C)OC(=O)CCCc1ccc(N2C(=O)CC(C(C)(C)C)C2=O)cc1. The zero-order chi connectivity index (χ0) is 20.4. The number of rotatable bonds is 5. The lowest BCUT2D eigenvalue weighted by molar-refractivity contribution is -0.154. The first-order valence-electron chi connectivity index (χ1n) is 9.56. The van der Waals surface area contributed by atoms with E-state index in [0.29, 0.717) is 18.5 Å². The molecule has 2 amide bonds. The molecule has 1 atom stereocenters. The lowest BCUT2D eigenvalue weighted by Crippen LogP contribution is -2.33. The molecule has 1 heterocycles. The second-order valence-electron chi connectivity index (χ2n) is 9.30. The Kier molecular flexibility index (Phi) is 6.13. The molecule has 0 aromatic heterocycles. The number of hydrogen-bond acceptors (Lipinski definition) is 4. The van der Waals surface area contributed by atoms with Crippen molar-refractivity contribution in [3.63, 3.8) is 0 Å². The molecule has 1 fully saturated rings. The van der Waals surface area contributed by atoms with Crippen LogP contribution in [0.5, 0.6) is 0 Å². The first-order chi connectivity index (χ1) is 12.4. The average molecular weight is 373 g/mol. The zero-order valence-corrected chi connectivity index (χ0v) is 17.3. The van der Waals surface area contributed by atoms with Gasteiger partial charge in [-0.25, -0.2) is 0 Å². The highest BCUT2D eigenvalue weighted by atomic mass is 16.6. The first-order valence-corrected chi connectivity index (χ1v) is 9.56. The Hall–Kier alpha value is -2.17. The number of ether oxygens (including phenoxy) is 1. The minimum atomic E-state index is -0.460. The van der Waals surface area contributed by atoms with E-state index in [4.69, 9.17) is 4.74 Å². The molecule has 148 valence electrons. The number of imide groups is 1. The van der Waals surface area contributed by atoms with Crippen LogP contribution >= 0.6 is 0 Å². The molecule has 0 saturated carbocycles. The van der Waals surface area contributed by atoms with E-state index in [9.17, 15) is 14.4 Å². The molecule has 1 unspecified atom stereocenters. The Morgan fingerprint density at radius 2 is 1.67 bits per heavy atom. The van der Waals surface area contributed by atoms with Crippen molar-refractivity contribution >= 4 is 23.5 Å². The summed E-state index contributed by atoms with van der Waals surface area (Å²) >= 11 is 0. The Morgan fingerprint density at radius 1 is 1.07 bits per heavy atom. The molecule has 0 spiro atoms. The molecule has 1 aromatic rings. The fourth-order valence-corrected chi connectivity index (χ4v) is 3.22. The standard InChI is InChI=1S/C22H31NO4/c1-21(2,3)17-14-18(24)23(20(17)26)16-12-10-15(11-13-16)8-7-9-19(25)27-22(4,5)6/h10-13,17H,7-9,14H2,1-6H3. The lowest BCUT2D eigenvalue weighted by atomic mass is 9.80. The molecule has 5 nitrogen and oxygen atoms in total. The van der Waals surface area contributed by atoms with E-state index in [1.807, 2.05) is 65.8 Å². The maximum atomic E-state index is 12.7. The molecule has 1 saturated heterocycles. The van der Waals surface area contributed by atoms with E-state index in [1.165, 1.54) is 4.90 Å². The summed E-state index contributed by atoms with van der Waals surface area (Å²) in [7, 11) is 0. The van der Waals surface area contributed by atoms with Crippen molar-refractivity contribution in [1.82, 2.24) is 0 Å². The van der Waals surface area contributed by atoms with Crippen molar-refractivity contribution in [1.29, 1.82) is 0 Å². The van der Waals surface area contributed by atoms with Crippen LogP contribution in [0.15, 0.2) is 24.3 Å². The second-order valence-corrected chi connectivity index (χ2v) is 9.30. The van der Waals surface area contributed by atoms with Crippen molar-refractivity contribution in [3.05, 3.63) is 29.8 Å². The van der Waals surface area contributed by atoms with Gasteiger partial charge in [0.1, 0.15) is 5.60 Å². The van der Waals surface area contributed by atoms with Gasteiger partial charge in [-0.05, 0) is 56.7 Å². The molecule has 0 N–H and O–H groups in total. The van der Waals surface area contributed by atoms with E-state index in [0.717, 1.165) is 12.0 Å². The Balaban J connectivity index is 1.95. The summed E-state index contributed by atoms with van der Waals surface area (Å²) in [6, 6.07) is 7.44. The predicted octanol–water partition coefficient (Wildman–Crippen LogP) is 4.28. The van der Waals surface area contributed by atoms with Crippen LogP contribution in [0.25, 0.3) is 0 Å². The number of nitrogens with zero attached hydrogens (tertiary/aromatic N) is 1. The number of benzene rings is 1. The highest BCUT2D eigenvalue weighted by molar-refractivity contribution is 6.21. The lowest BCUT2D eigenvalue weighted by Gasteiger charge is -2.24. The quantitative estimate of drug-likeness (QED) is 0.571. The van der Waals surface area contributed by atoms with Gasteiger partial charge in [-0.3, -0.25) is 19.3 Å². The first kappa shape index (κ1) is 21.1. The van der Waals surface area contributed by atoms with E-state index in [1.54, 1.807) is 0 Å². The summed E-state index contributed by atoms with van der Waals surface area (Å²) in [5.74, 6) is -0.734. The molecule has 1 aliphatic rings. The molecule has 0 radical (unpaired) electrons. The van der Waals surface area contributed by atoms with Crippen molar-refractivity contribution in [2.45, 2.75) is 72.8 Å². The summed E-state index contributed by atoms with van der Waals surface area (Å²) in [5, 5.41) is 0. The van der Waals surface area contributed by atoms with Crippen LogP contribution < -0.4 is 4.90 Å². The molecule has 0 bridgehead atoms. The Bertz CT molecular complexity index is 707. The van der Waals surface area contributed by atoms with Crippen LogP contribution in [0.4, 0.5) is 5.69 Å². The normalized spacial score (nSPS) is 18.1. The third-order valence-electron chi connectivity index (χ3n) is 4.65. The fourth-order valence-electron chi connectivity index (χ4n) is 3.22. The number of esters is 1. The molecular weight excluding hydrogens is 342 g/mol. The van der Waals surface area contributed by atoms with Crippen LogP contribution in [0.1, 0.15) is 66.4 Å². The summed E-state index contributed by atoms with van der Waals surface area (Å²) in [6.07, 6.45) is 2.07. The minimum Gasteiger partial charge on any atom is -0.460 e. The van der Waals surface area contributed by atoms with Gasteiger partial charge in [0.15, 0.2) is 0 Å². The van der Waals surface area contributed by atoms with E-state index in [-0.39, 0.29) is 35.5 Å². The topological polar surface area (TPSA) is 63.7 Å². The van der Waals surface area contributed by atoms with E-state index < -0.39 is 5.60 Å². The highest BCUT2D eigenvalue weighted by Crippen LogP contribution is 2.37. The number of aryl methyl sites for hydroxylation is 1. The van der Waals surface area contributed by atoms with Gasteiger partial charge in [-0.15, -0.1) is 0 Å². The molecule has 1 aliphatic heterocycles. The van der Waals surface area contributed by atoms with Crippen molar-refractivity contribution in [2.24, 2.45) is 11.3 Å². The number of anilines is 1. The maximum Gasteiger partial charge on any atom is 0.306 e.